The van der Waals surface area contributed by atoms with Gasteiger partial charge in [0.15, 0.2) is 11.3 Å². The molecule has 118 valence electrons. The molecule has 0 saturated heterocycles. The summed E-state index contributed by atoms with van der Waals surface area (Å²) in [5.41, 5.74) is 3.43. The van der Waals surface area contributed by atoms with Crippen LogP contribution in [0.25, 0.3) is 5.65 Å². The Labute approximate surface area is 135 Å². The van der Waals surface area contributed by atoms with E-state index in [9.17, 15) is 4.79 Å². The molecule has 3 rings (SSSR count). The van der Waals surface area contributed by atoms with E-state index in [0.29, 0.717) is 11.3 Å². The van der Waals surface area contributed by atoms with Gasteiger partial charge in [0, 0.05) is 37.9 Å². The Hall–Kier alpha value is -2.69. The van der Waals surface area contributed by atoms with E-state index >= 15 is 0 Å². The number of amides is 1. The van der Waals surface area contributed by atoms with Crippen molar-refractivity contribution < 1.29 is 4.79 Å². The molecule has 0 N–H and O–H groups in total. The lowest BCUT2D eigenvalue weighted by Gasteiger charge is -2.25. The third kappa shape index (κ3) is 3.08. The van der Waals surface area contributed by atoms with Crippen LogP contribution in [0.4, 0.5) is 0 Å². The van der Waals surface area contributed by atoms with Crippen LogP contribution in [0.1, 0.15) is 28.5 Å². The Morgan fingerprint density at radius 2 is 1.83 bits per heavy atom. The van der Waals surface area contributed by atoms with Crippen LogP contribution in [0.3, 0.4) is 0 Å². The van der Waals surface area contributed by atoms with Gasteiger partial charge < -0.3 is 9.30 Å². The molecular weight excluding hydrogens is 288 g/mol. The quantitative estimate of drug-likeness (QED) is 0.744. The molecule has 0 aliphatic carbocycles. The number of carbonyl (C=O) groups excluding carboxylic acids is 1. The molecule has 2 heterocycles. The minimum Gasteiger partial charge on any atom is -0.337 e. The Kier molecular flexibility index (Phi) is 4.10. The van der Waals surface area contributed by atoms with E-state index in [1.165, 1.54) is 11.1 Å². The molecule has 0 unspecified atom stereocenters. The number of aryl methyl sites for hydroxylation is 1. The van der Waals surface area contributed by atoms with Gasteiger partial charge in [-0.25, -0.2) is 9.97 Å². The van der Waals surface area contributed by atoms with Crippen molar-refractivity contribution in [2.24, 2.45) is 0 Å². The number of hydrogen-bond donors (Lipinski definition) is 0. The molecule has 0 aliphatic rings. The first-order chi connectivity index (χ1) is 11.1. The Bertz CT molecular complexity index is 822. The van der Waals surface area contributed by atoms with Crippen LogP contribution < -0.4 is 0 Å². The minimum absolute atomic E-state index is 0.0715. The zero-order chi connectivity index (χ0) is 16.4. The van der Waals surface area contributed by atoms with Crippen LogP contribution in [-0.4, -0.2) is 38.3 Å². The number of imidazole rings is 1. The number of hydrogen-bond acceptors (Lipinski definition) is 3. The molecular formula is C18H20N4O. The number of fused-ring (bicyclic) bond motifs is 1. The second-order valence-electron chi connectivity index (χ2n) is 5.89. The molecule has 5 heteroatoms. The Morgan fingerprint density at radius 1 is 1.17 bits per heavy atom. The summed E-state index contributed by atoms with van der Waals surface area (Å²) in [5, 5.41) is 0. The topological polar surface area (TPSA) is 50.5 Å². The van der Waals surface area contributed by atoms with Crippen molar-refractivity contribution in [2.75, 3.05) is 7.05 Å². The van der Waals surface area contributed by atoms with Crippen LogP contribution in [0, 0.1) is 6.92 Å². The summed E-state index contributed by atoms with van der Waals surface area (Å²) in [6.45, 7) is 4.11. The van der Waals surface area contributed by atoms with E-state index in [1.54, 1.807) is 27.9 Å². The highest BCUT2D eigenvalue weighted by atomic mass is 16.2. The maximum Gasteiger partial charge on any atom is 0.276 e. The maximum absolute atomic E-state index is 12.8. The van der Waals surface area contributed by atoms with E-state index in [4.69, 9.17) is 0 Å². The summed E-state index contributed by atoms with van der Waals surface area (Å²) in [7, 11) is 1.81. The van der Waals surface area contributed by atoms with Crippen LogP contribution in [-0.2, 0) is 6.42 Å². The number of rotatable bonds is 4. The molecule has 0 saturated carbocycles. The monoisotopic (exact) mass is 308 g/mol. The van der Waals surface area contributed by atoms with Crippen LogP contribution in [0.5, 0.6) is 0 Å². The van der Waals surface area contributed by atoms with Gasteiger partial charge in [-0.2, -0.15) is 0 Å². The van der Waals surface area contributed by atoms with Crippen molar-refractivity contribution in [2.45, 2.75) is 26.3 Å². The predicted molar refractivity (Wildman–Crippen MR) is 89.4 cm³/mol. The minimum atomic E-state index is -0.110. The van der Waals surface area contributed by atoms with Gasteiger partial charge in [-0.3, -0.25) is 4.79 Å². The van der Waals surface area contributed by atoms with Gasteiger partial charge in [-0.05, 0) is 25.8 Å². The van der Waals surface area contributed by atoms with Gasteiger partial charge in [0.05, 0.1) is 0 Å². The molecule has 0 fully saturated rings. The molecule has 0 aliphatic heterocycles. The summed E-state index contributed by atoms with van der Waals surface area (Å²) < 4.78 is 1.80. The lowest BCUT2D eigenvalue weighted by molar-refractivity contribution is 0.0739. The highest BCUT2D eigenvalue weighted by molar-refractivity contribution is 5.97. The van der Waals surface area contributed by atoms with E-state index in [-0.39, 0.29) is 11.9 Å². The third-order valence-corrected chi connectivity index (χ3v) is 4.15. The summed E-state index contributed by atoms with van der Waals surface area (Å²) in [6.07, 6.45) is 7.70. The second kappa shape index (κ2) is 6.20. The van der Waals surface area contributed by atoms with Crippen molar-refractivity contribution in [3.05, 3.63) is 65.9 Å². The standard InChI is InChI=1S/C18H20N4O/c1-13-4-6-15(7-5-13)12-14(2)21(3)18(23)16-17-20-9-11-22(17)10-8-19-16/h4-11,14H,12H2,1-3H3/t14-/m1/s1. The SMILES string of the molecule is Cc1ccc(C[C@@H](C)N(C)C(=O)c2nccn3ccnc23)cc1. The summed E-state index contributed by atoms with van der Waals surface area (Å²) in [4.78, 5) is 22.9. The molecule has 0 spiro atoms. The summed E-state index contributed by atoms with van der Waals surface area (Å²) in [5.74, 6) is -0.110. The van der Waals surface area contributed by atoms with Crippen molar-refractivity contribution in [1.29, 1.82) is 0 Å². The van der Waals surface area contributed by atoms with Crippen LogP contribution in [0.2, 0.25) is 0 Å². The average molecular weight is 308 g/mol. The number of benzene rings is 1. The van der Waals surface area contributed by atoms with Gasteiger partial charge >= 0.3 is 0 Å². The molecule has 3 aromatic rings. The van der Waals surface area contributed by atoms with Crippen molar-refractivity contribution in [3.8, 4) is 0 Å². The van der Waals surface area contributed by atoms with E-state index < -0.39 is 0 Å². The van der Waals surface area contributed by atoms with Gasteiger partial charge in [0.2, 0.25) is 0 Å². The first kappa shape index (κ1) is 15.2. The summed E-state index contributed by atoms with van der Waals surface area (Å²) >= 11 is 0. The van der Waals surface area contributed by atoms with Gasteiger partial charge in [-0.15, -0.1) is 0 Å². The molecule has 23 heavy (non-hydrogen) atoms. The third-order valence-electron chi connectivity index (χ3n) is 4.15. The lowest BCUT2D eigenvalue weighted by Crippen LogP contribution is -2.37. The molecule has 1 amide bonds. The van der Waals surface area contributed by atoms with Crippen LogP contribution >= 0.6 is 0 Å². The highest BCUT2D eigenvalue weighted by Gasteiger charge is 2.21. The van der Waals surface area contributed by atoms with E-state index in [2.05, 4.69) is 41.2 Å². The van der Waals surface area contributed by atoms with Gasteiger partial charge in [0.1, 0.15) is 0 Å². The predicted octanol–water partition coefficient (Wildman–Crippen LogP) is 2.74. The molecule has 0 radical (unpaired) electrons. The molecule has 5 nitrogen and oxygen atoms in total. The van der Waals surface area contributed by atoms with Crippen molar-refractivity contribution in [3.63, 3.8) is 0 Å². The van der Waals surface area contributed by atoms with Crippen molar-refractivity contribution >= 4 is 11.6 Å². The zero-order valence-electron chi connectivity index (χ0n) is 13.6. The fourth-order valence-electron chi connectivity index (χ4n) is 2.57. The first-order valence-corrected chi connectivity index (χ1v) is 7.66. The number of nitrogens with zero attached hydrogens (tertiary/aromatic N) is 4. The lowest BCUT2D eigenvalue weighted by atomic mass is 10.0. The first-order valence-electron chi connectivity index (χ1n) is 7.66. The fraction of sp³-hybridized carbons (Fsp3) is 0.278. The number of aromatic nitrogens is 3. The smallest absolute Gasteiger partial charge is 0.276 e. The van der Waals surface area contributed by atoms with E-state index in [1.807, 2.05) is 20.2 Å². The van der Waals surface area contributed by atoms with Crippen LogP contribution in [0.15, 0.2) is 49.1 Å². The Balaban J connectivity index is 1.78. The maximum atomic E-state index is 12.8. The average Bonchev–Trinajstić information content (AvgIpc) is 3.04. The zero-order valence-corrected chi connectivity index (χ0v) is 13.6. The number of likely N-dealkylation sites (N-methyl/N-ethyl adjacent to an activating group) is 1. The number of carbonyl (C=O) groups is 1. The molecule has 0 bridgehead atoms. The largest absolute Gasteiger partial charge is 0.337 e. The van der Waals surface area contributed by atoms with E-state index in [0.717, 1.165) is 6.42 Å². The molecule has 1 aromatic carbocycles. The fourth-order valence-corrected chi connectivity index (χ4v) is 2.57. The molecule has 2 aromatic heterocycles. The van der Waals surface area contributed by atoms with Crippen molar-refractivity contribution in [1.82, 2.24) is 19.3 Å². The van der Waals surface area contributed by atoms with Gasteiger partial charge in [-0.1, -0.05) is 29.8 Å². The highest BCUT2D eigenvalue weighted by Crippen LogP contribution is 2.13. The Morgan fingerprint density at radius 3 is 2.52 bits per heavy atom. The van der Waals surface area contributed by atoms with Gasteiger partial charge in [0.25, 0.3) is 5.91 Å². The normalized spacial score (nSPS) is 12.3. The molecule has 1 atom stereocenters. The second-order valence-corrected chi connectivity index (χ2v) is 5.89. The summed E-state index contributed by atoms with van der Waals surface area (Å²) in [6, 6.07) is 8.48.